The predicted molar refractivity (Wildman–Crippen MR) is 50.5 cm³/mol. The second-order valence-corrected chi connectivity index (χ2v) is 3.64. The van der Waals surface area contributed by atoms with Crippen LogP contribution < -0.4 is 5.73 Å². The summed E-state index contributed by atoms with van der Waals surface area (Å²) < 4.78 is 0. The maximum atomic E-state index is 11.6. The number of carbonyl (C=O) groups excluding carboxylic acids is 2. The van der Waals surface area contributed by atoms with Crippen LogP contribution in [0.5, 0.6) is 0 Å². The molecule has 0 aromatic heterocycles. The zero-order chi connectivity index (χ0) is 10.7. The number of nitrogens with two attached hydrogens (primary N) is 1. The Hall–Kier alpha value is -0.940. The molecule has 5 nitrogen and oxygen atoms in total. The van der Waals surface area contributed by atoms with Gasteiger partial charge in [0.15, 0.2) is 0 Å². The number of rotatable bonds is 3. The summed E-state index contributed by atoms with van der Waals surface area (Å²) in [6, 6.07) is -1.28. The van der Waals surface area contributed by atoms with Gasteiger partial charge in [0.05, 0.1) is 12.1 Å². The molecule has 1 aliphatic heterocycles. The first kappa shape index (κ1) is 11.1. The van der Waals surface area contributed by atoms with Crippen molar-refractivity contribution in [3.8, 4) is 0 Å². The van der Waals surface area contributed by atoms with Crippen molar-refractivity contribution in [3.05, 3.63) is 0 Å². The van der Waals surface area contributed by atoms with Crippen LogP contribution in [0.3, 0.4) is 0 Å². The number of hydrogen-bond acceptors (Lipinski definition) is 4. The highest BCUT2D eigenvalue weighted by Crippen LogP contribution is 2.16. The Labute approximate surface area is 82.9 Å². The van der Waals surface area contributed by atoms with Crippen LogP contribution in [0.4, 0.5) is 0 Å². The molecule has 0 aliphatic carbocycles. The van der Waals surface area contributed by atoms with Crippen LogP contribution in [0.2, 0.25) is 0 Å². The summed E-state index contributed by atoms with van der Waals surface area (Å²) in [5, 5.41) is 9.15. The van der Waals surface area contributed by atoms with Crippen molar-refractivity contribution < 1.29 is 14.7 Å². The molecule has 3 atom stereocenters. The molecule has 5 heteroatoms. The zero-order valence-corrected chi connectivity index (χ0v) is 8.22. The van der Waals surface area contributed by atoms with Gasteiger partial charge in [0, 0.05) is 6.54 Å². The Morgan fingerprint density at radius 2 is 2.36 bits per heavy atom. The second-order valence-electron chi connectivity index (χ2n) is 3.64. The molecule has 0 aromatic rings. The van der Waals surface area contributed by atoms with Crippen molar-refractivity contribution >= 4 is 12.2 Å². The number of nitrogens with zero attached hydrogens (tertiary/aromatic N) is 1. The van der Waals surface area contributed by atoms with Gasteiger partial charge in [-0.15, -0.1) is 0 Å². The van der Waals surface area contributed by atoms with Crippen LogP contribution in [-0.4, -0.2) is 46.9 Å². The number of aldehydes is 1. The molecule has 14 heavy (non-hydrogen) atoms. The minimum Gasteiger partial charge on any atom is -0.391 e. The Bertz CT molecular complexity index is 230. The summed E-state index contributed by atoms with van der Waals surface area (Å²) in [5.74, 6) is -0.338. The Kier molecular flexibility index (Phi) is 3.60. The fourth-order valence-corrected chi connectivity index (χ4v) is 1.61. The average Bonchev–Trinajstić information content (AvgIpc) is 2.62. The fraction of sp³-hybridized carbons (Fsp3) is 0.778. The second kappa shape index (κ2) is 4.52. The van der Waals surface area contributed by atoms with E-state index in [0.717, 1.165) is 12.7 Å². The molecule has 0 spiro atoms. The monoisotopic (exact) mass is 200 g/mol. The largest absolute Gasteiger partial charge is 0.391 e. The van der Waals surface area contributed by atoms with Crippen LogP contribution in [0.15, 0.2) is 0 Å². The van der Waals surface area contributed by atoms with Crippen LogP contribution in [0, 0.1) is 0 Å². The van der Waals surface area contributed by atoms with Gasteiger partial charge in [0.1, 0.15) is 12.3 Å². The average molecular weight is 200 g/mol. The lowest BCUT2D eigenvalue weighted by Crippen LogP contribution is -2.51. The van der Waals surface area contributed by atoms with Crippen LogP contribution in [0.1, 0.15) is 19.8 Å². The van der Waals surface area contributed by atoms with Gasteiger partial charge in [-0.3, -0.25) is 4.79 Å². The lowest BCUT2D eigenvalue weighted by atomic mass is 10.1. The smallest absolute Gasteiger partial charge is 0.242 e. The third-order valence-corrected chi connectivity index (χ3v) is 2.54. The van der Waals surface area contributed by atoms with Gasteiger partial charge in [0.2, 0.25) is 5.91 Å². The van der Waals surface area contributed by atoms with E-state index < -0.39 is 12.1 Å². The molecule has 0 saturated carbocycles. The van der Waals surface area contributed by atoms with Gasteiger partial charge in [-0.25, -0.2) is 0 Å². The molecule has 1 aliphatic rings. The maximum Gasteiger partial charge on any atom is 0.242 e. The first-order valence-corrected chi connectivity index (χ1v) is 4.77. The Morgan fingerprint density at radius 1 is 1.71 bits per heavy atom. The minimum atomic E-state index is -0.921. The molecular weight excluding hydrogens is 184 g/mol. The van der Waals surface area contributed by atoms with Crippen LogP contribution in [0.25, 0.3) is 0 Å². The lowest BCUT2D eigenvalue weighted by Gasteiger charge is -2.25. The van der Waals surface area contributed by atoms with Gasteiger partial charge >= 0.3 is 0 Å². The molecule has 1 heterocycles. The summed E-state index contributed by atoms with van der Waals surface area (Å²) in [7, 11) is 0. The van der Waals surface area contributed by atoms with Crippen molar-refractivity contribution in [2.24, 2.45) is 5.73 Å². The Balaban J connectivity index is 2.64. The van der Waals surface area contributed by atoms with E-state index in [1.54, 1.807) is 0 Å². The van der Waals surface area contributed by atoms with Gasteiger partial charge < -0.3 is 20.5 Å². The van der Waals surface area contributed by atoms with Crippen molar-refractivity contribution in [1.29, 1.82) is 0 Å². The van der Waals surface area contributed by atoms with Crippen molar-refractivity contribution in [3.63, 3.8) is 0 Å². The van der Waals surface area contributed by atoms with E-state index in [2.05, 4.69) is 0 Å². The van der Waals surface area contributed by atoms with Gasteiger partial charge in [-0.1, -0.05) is 0 Å². The predicted octanol–water partition coefficient (Wildman–Crippen LogP) is -1.12. The highest BCUT2D eigenvalue weighted by molar-refractivity contribution is 5.85. The third kappa shape index (κ3) is 2.10. The van der Waals surface area contributed by atoms with Gasteiger partial charge in [0.25, 0.3) is 0 Å². The summed E-state index contributed by atoms with van der Waals surface area (Å²) in [5.41, 5.74) is 5.50. The van der Waals surface area contributed by atoms with Crippen molar-refractivity contribution in [2.45, 2.75) is 38.0 Å². The van der Waals surface area contributed by atoms with E-state index in [9.17, 15) is 9.59 Å². The number of carbonyl (C=O) groups is 2. The van der Waals surface area contributed by atoms with Crippen LogP contribution >= 0.6 is 0 Å². The number of likely N-dealkylation sites (tertiary alicyclic amines) is 1. The molecule has 3 N–H and O–H groups in total. The highest BCUT2D eigenvalue weighted by atomic mass is 16.3. The third-order valence-electron chi connectivity index (χ3n) is 2.54. The van der Waals surface area contributed by atoms with Crippen LogP contribution in [-0.2, 0) is 9.59 Å². The summed E-state index contributed by atoms with van der Waals surface area (Å²) in [6.07, 6.45) is 1.40. The number of aliphatic hydroxyl groups excluding tert-OH is 1. The first-order chi connectivity index (χ1) is 6.57. The molecular formula is C9H16N2O3. The van der Waals surface area contributed by atoms with E-state index in [0.29, 0.717) is 13.0 Å². The molecule has 0 radical (unpaired) electrons. The molecule has 80 valence electrons. The molecule has 1 rings (SSSR count). The van der Waals surface area contributed by atoms with E-state index in [-0.39, 0.29) is 11.9 Å². The number of hydrogen-bond donors (Lipinski definition) is 2. The highest BCUT2D eigenvalue weighted by Gasteiger charge is 2.32. The van der Waals surface area contributed by atoms with E-state index >= 15 is 0 Å². The first-order valence-electron chi connectivity index (χ1n) is 4.77. The SMILES string of the molecule is CC(O)C(N)C(=O)N1CCCC1C=O. The summed E-state index contributed by atoms with van der Waals surface area (Å²) in [4.78, 5) is 23.7. The zero-order valence-electron chi connectivity index (χ0n) is 8.22. The lowest BCUT2D eigenvalue weighted by molar-refractivity contribution is -0.137. The van der Waals surface area contributed by atoms with Crippen molar-refractivity contribution in [2.75, 3.05) is 6.54 Å². The van der Waals surface area contributed by atoms with Gasteiger partial charge in [-0.2, -0.15) is 0 Å². The molecule has 1 amide bonds. The molecule has 1 fully saturated rings. The topological polar surface area (TPSA) is 83.6 Å². The van der Waals surface area contributed by atoms with E-state index in [1.807, 2.05) is 0 Å². The molecule has 3 unspecified atom stereocenters. The van der Waals surface area contributed by atoms with E-state index in [4.69, 9.17) is 10.8 Å². The minimum absolute atomic E-state index is 0.338. The van der Waals surface area contributed by atoms with E-state index in [1.165, 1.54) is 11.8 Å². The molecule has 0 aromatic carbocycles. The standard InChI is InChI=1S/C9H16N2O3/c1-6(13)8(10)9(14)11-4-2-3-7(11)5-12/h5-8,13H,2-4,10H2,1H3. The van der Waals surface area contributed by atoms with Gasteiger partial charge in [-0.05, 0) is 19.8 Å². The quantitative estimate of drug-likeness (QED) is 0.565. The normalized spacial score (nSPS) is 25.9. The maximum absolute atomic E-state index is 11.6. The molecule has 0 bridgehead atoms. The fourth-order valence-electron chi connectivity index (χ4n) is 1.61. The number of aliphatic hydroxyl groups is 1. The summed E-state index contributed by atoms with van der Waals surface area (Å²) >= 11 is 0. The number of amides is 1. The van der Waals surface area contributed by atoms with Crippen molar-refractivity contribution in [1.82, 2.24) is 4.90 Å². The Morgan fingerprint density at radius 3 is 2.86 bits per heavy atom. The summed E-state index contributed by atoms with van der Waals surface area (Å²) in [6.45, 7) is 2.03. The molecule has 1 saturated heterocycles.